The Morgan fingerprint density at radius 3 is 2.64 bits per heavy atom. The van der Waals surface area contributed by atoms with Crippen LogP contribution in [0.5, 0.6) is 5.75 Å². The second-order valence-corrected chi connectivity index (χ2v) is 9.05. The summed E-state index contributed by atoms with van der Waals surface area (Å²) in [6, 6.07) is 11.5. The number of anilines is 1. The SMILES string of the molecule is COc1ccc(S(=O)(=O)CC(=O)Nc2nc3ccc(Br)cc3s2)cc1. The number of thiazole rings is 1. The van der Waals surface area contributed by atoms with Gasteiger partial charge in [-0.3, -0.25) is 4.79 Å². The molecule has 3 aromatic rings. The molecule has 0 aliphatic carbocycles. The van der Waals surface area contributed by atoms with Crippen LogP contribution in [0.2, 0.25) is 0 Å². The zero-order valence-electron chi connectivity index (χ0n) is 13.0. The Kier molecular flexibility index (Phi) is 5.07. The van der Waals surface area contributed by atoms with Crippen LogP contribution in [0.1, 0.15) is 0 Å². The Labute approximate surface area is 156 Å². The second-order valence-electron chi connectivity index (χ2n) is 5.11. The largest absolute Gasteiger partial charge is 0.497 e. The number of rotatable bonds is 5. The minimum absolute atomic E-state index is 0.0664. The maximum absolute atomic E-state index is 12.3. The number of benzene rings is 2. The summed E-state index contributed by atoms with van der Waals surface area (Å²) in [7, 11) is -2.25. The molecule has 1 amide bonds. The monoisotopic (exact) mass is 440 g/mol. The van der Waals surface area contributed by atoms with E-state index in [-0.39, 0.29) is 4.90 Å². The Bertz CT molecular complexity index is 1030. The lowest BCUT2D eigenvalue weighted by molar-refractivity contribution is -0.113. The van der Waals surface area contributed by atoms with Gasteiger partial charge in [-0.2, -0.15) is 0 Å². The molecule has 0 atom stereocenters. The van der Waals surface area contributed by atoms with Gasteiger partial charge in [0.15, 0.2) is 15.0 Å². The summed E-state index contributed by atoms with van der Waals surface area (Å²) in [5.41, 5.74) is 0.738. The predicted octanol–water partition coefficient (Wildman–Crippen LogP) is 3.48. The van der Waals surface area contributed by atoms with Gasteiger partial charge < -0.3 is 10.1 Å². The molecule has 0 saturated carbocycles. The van der Waals surface area contributed by atoms with Crippen molar-refractivity contribution >= 4 is 58.4 Å². The fraction of sp³-hybridized carbons (Fsp3) is 0.125. The van der Waals surface area contributed by atoms with Crippen molar-refractivity contribution in [3.8, 4) is 5.75 Å². The van der Waals surface area contributed by atoms with Gasteiger partial charge in [0.05, 0.1) is 22.2 Å². The van der Waals surface area contributed by atoms with E-state index in [1.165, 1.54) is 42.7 Å². The van der Waals surface area contributed by atoms with Crippen LogP contribution in [0, 0.1) is 0 Å². The molecule has 3 rings (SSSR count). The van der Waals surface area contributed by atoms with Crippen LogP contribution in [0.4, 0.5) is 5.13 Å². The zero-order valence-corrected chi connectivity index (χ0v) is 16.2. The van der Waals surface area contributed by atoms with Gasteiger partial charge >= 0.3 is 0 Å². The molecule has 0 bridgehead atoms. The summed E-state index contributed by atoms with van der Waals surface area (Å²) in [6.45, 7) is 0. The summed E-state index contributed by atoms with van der Waals surface area (Å²) in [5, 5.41) is 2.91. The van der Waals surface area contributed by atoms with Crippen LogP contribution in [0.15, 0.2) is 51.8 Å². The van der Waals surface area contributed by atoms with Crippen molar-refractivity contribution in [1.82, 2.24) is 4.98 Å². The second kappa shape index (κ2) is 7.11. The van der Waals surface area contributed by atoms with Crippen LogP contribution in [-0.2, 0) is 14.6 Å². The van der Waals surface area contributed by atoms with E-state index in [0.29, 0.717) is 10.9 Å². The molecule has 130 valence electrons. The number of sulfone groups is 1. The number of nitrogens with zero attached hydrogens (tertiary/aromatic N) is 1. The molecule has 0 aliphatic heterocycles. The van der Waals surface area contributed by atoms with Crippen LogP contribution in [0.25, 0.3) is 10.2 Å². The summed E-state index contributed by atoms with van der Waals surface area (Å²) >= 11 is 4.65. The lowest BCUT2D eigenvalue weighted by atomic mass is 10.3. The topological polar surface area (TPSA) is 85.4 Å². The van der Waals surface area contributed by atoms with Crippen molar-refractivity contribution in [2.24, 2.45) is 0 Å². The minimum atomic E-state index is -3.74. The third-order valence-electron chi connectivity index (χ3n) is 3.34. The van der Waals surface area contributed by atoms with Crippen LogP contribution < -0.4 is 10.1 Å². The van der Waals surface area contributed by atoms with Crippen LogP contribution in [0.3, 0.4) is 0 Å². The van der Waals surface area contributed by atoms with Crippen molar-refractivity contribution in [2.75, 3.05) is 18.2 Å². The molecule has 1 heterocycles. The van der Waals surface area contributed by atoms with E-state index in [1.54, 1.807) is 0 Å². The number of ether oxygens (including phenoxy) is 1. The van der Waals surface area contributed by atoms with Gasteiger partial charge in [-0.15, -0.1) is 0 Å². The first-order valence-electron chi connectivity index (χ1n) is 7.10. The van der Waals surface area contributed by atoms with Gasteiger partial charge in [-0.25, -0.2) is 13.4 Å². The summed E-state index contributed by atoms with van der Waals surface area (Å²) in [4.78, 5) is 16.5. The highest BCUT2D eigenvalue weighted by molar-refractivity contribution is 9.10. The van der Waals surface area contributed by atoms with Gasteiger partial charge in [-0.05, 0) is 42.5 Å². The van der Waals surface area contributed by atoms with Gasteiger partial charge in [0.1, 0.15) is 11.5 Å². The molecule has 0 fully saturated rings. The number of aromatic nitrogens is 1. The predicted molar refractivity (Wildman–Crippen MR) is 101 cm³/mol. The number of nitrogens with one attached hydrogen (secondary N) is 1. The molecule has 0 saturated heterocycles. The van der Waals surface area contributed by atoms with E-state index >= 15 is 0 Å². The van der Waals surface area contributed by atoms with E-state index in [9.17, 15) is 13.2 Å². The molecule has 0 radical (unpaired) electrons. The van der Waals surface area contributed by atoms with E-state index < -0.39 is 21.5 Å². The van der Waals surface area contributed by atoms with Crippen molar-refractivity contribution in [3.63, 3.8) is 0 Å². The fourth-order valence-electron chi connectivity index (χ4n) is 2.15. The van der Waals surface area contributed by atoms with Gasteiger partial charge in [0.25, 0.3) is 0 Å². The molecule has 6 nitrogen and oxygen atoms in total. The number of amides is 1. The maximum Gasteiger partial charge on any atom is 0.241 e. The average Bonchev–Trinajstić information content (AvgIpc) is 2.95. The quantitative estimate of drug-likeness (QED) is 0.656. The molecule has 2 aromatic carbocycles. The molecule has 1 aromatic heterocycles. The Morgan fingerprint density at radius 1 is 1.24 bits per heavy atom. The number of hydrogen-bond donors (Lipinski definition) is 1. The highest BCUT2D eigenvalue weighted by Crippen LogP contribution is 2.28. The number of carbonyl (C=O) groups excluding carboxylic acids is 1. The molecule has 0 aliphatic rings. The zero-order chi connectivity index (χ0) is 18.0. The maximum atomic E-state index is 12.3. The molecule has 0 unspecified atom stereocenters. The molecular formula is C16H13BrN2O4S2. The van der Waals surface area contributed by atoms with E-state index in [2.05, 4.69) is 26.2 Å². The van der Waals surface area contributed by atoms with Gasteiger partial charge in [0, 0.05) is 4.47 Å². The average molecular weight is 441 g/mol. The van der Waals surface area contributed by atoms with E-state index in [1.807, 2.05) is 18.2 Å². The highest BCUT2D eigenvalue weighted by atomic mass is 79.9. The molecule has 9 heteroatoms. The van der Waals surface area contributed by atoms with Crippen molar-refractivity contribution in [3.05, 3.63) is 46.9 Å². The third-order valence-corrected chi connectivity index (χ3v) is 6.40. The van der Waals surface area contributed by atoms with Gasteiger partial charge in [0.2, 0.25) is 5.91 Å². The lowest BCUT2D eigenvalue weighted by Crippen LogP contribution is -2.22. The summed E-state index contributed by atoms with van der Waals surface area (Å²) < 4.78 is 31.4. The van der Waals surface area contributed by atoms with Gasteiger partial charge in [-0.1, -0.05) is 27.3 Å². The van der Waals surface area contributed by atoms with E-state index in [4.69, 9.17) is 4.74 Å². The Hall–Kier alpha value is -1.97. The van der Waals surface area contributed by atoms with Crippen molar-refractivity contribution in [1.29, 1.82) is 0 Å². The lowest BCUT2D eigenvalue weighted by Gasteiger charge is -2.05. The first-order chi connectivity index (χ1) is 11.9. The molecule has 25 heavy (non-hydrogen) atoms. The van der Waals surface area contributed by atoms with Crippen molar-refractivity contribution in [2.45, 2.75) is 4.90 Å². The normalized spacial score (nSPS) is 11.4. The molecule has 0 spiro atoms. The smallest absolute Gasteiger partial charge is 0.241 e. The Balaban J connectivity index is 1.73. The standard InChI is InChI=1S/C16H13BrN2O4S2/c1-23-11-3-5-12(6-4-11)25(21,22)9-15(20)19-16-18-13-7-2-10(17)8-14(13)24-16/h2-8H,9H2,1H3,(H,18,19,20). The molecular weight excluding hydrogens is 428 g/mol. The number of methoxy groups -OCH3 is 1. The fourth-order valence-corrected chi connectivity index (χ4v) is 4.71. The number of hydrogen-bond acceptors (Lipinski definition) is 6. The summed E-state index contributed by atoms with van der Waals surface area (Å²) in [6.07, 6.45) is 0. The third kappa shape index (κ3) is 4.17. The minimum Gasteiger partial charge on any atom is -0.497 e. The number of carbonyl (C=O) groups is 1. The van der Waals surface area contributed by atoms with Crippen molar-refractivity contribution < 1.29 is 17.9 Å². The summed E-state index contributed by atoms with van der Waals surface area (Å²) in [5.74, 6) is -0.739. The number of halogens is 1. The van der Waals surface area contributed by atoms with Crippen LogP contribution >= 0.6 is 27.3 Å². The molecule has 1 N–H and O–H groups in total. The first-order valence-corrected chi connectivity index (χ1v) is 10.4. The Morgan fingerprint density at radius 2 is 1.96 bits per heavy atom. The number of fused-ring (bicyclic) bond motifs is 1. The van der Waals surface area contributed by atoms with E-state index in [0.717, 1.165) is 14.7 Å². The van der Waals surface area contributed by atoms with Crippen LogP contribution in [-0.4, -0.2) is 32.2 Å². The first kappa shape index (κ1) is 17.8. The highest BCUT2D eigenvalue weighted by Gasteiger charge is 2.20.